The monoisotopic (exact) mass is 782 g/mol. The molecule has 0 saturated carbocycles. The molecule has 0 atom stereocenters. The first-order chi connectivity index (χ1) is 26.8. The number of benzene rings is 6. The quantitative estimate of drug-likeness (QED) is 0.0936. The highest BCUT2D eigenvalue weighted by Crippen LogP contribution is 2.37. The summed E-state index contributed by atoms with van der Waals surface area (Å²) in [6.45, 7) is 0. The molecule has 15 heteroatoms. The fourth-order valence-electron chi connectivity index (χ4n) is 6.52. The van der Waals surface area contributed by atoms with E-state index in [9.17, 15) is 40.8 Å². The summed E-state index contributed by atoms with van der Waals surface area (Å²) in [5.74, 6) is -3.45. The molecule has 0 radical (unpaired) electrons. The number of sulfone groups is 2. The van der Waals surface area contributed by atoms with Crippen molar-refractivity contribution in [2.24, 2.45) is 0 Å². The molecule has 2 heterocycles. The number of hydrogen-bond acceptors (Lipinski definition) is 11. The minimum absolute atomic E-state index is 0.0113. The summed E-state index contributed by atoms with van der Waals surface area (Å²) in [7, 11) is -8.32. The third-order valence-corrected chi connectivity index (χ3v) is 13.0. The number of para-hydroxylation sites is 2. The molecular formula is C41H26N4O9S2. The summed E-state index contributed by atoms with van der Waals surface area (Å²) < 4.78 is 55.1. The van der Waals surface area contributed by atoms with Crippen molar-refractivity contribution in [1.29, 1.82) is 0 Å². The van der Waals surface area contributed by atoms with Crippen LogP contribution in [-0.2, 0) is 19.7 Å². The van der Waals surface area contributed by atoms with Gasteiger partial charge in [-0.2, -0.15) is 0 Å². The Kier molecular flexibility index (Phi) is 8.47. The predicted molar refractivity (Wildman–Crippen MR) is 204 cm³/mol. The minimum Gasteiger partial charge on any atom is -0.399 e. The van der Waals surface area contributed by atoms with E-state index in [2.05, 4.69) is 10.6 Å². The maximum absolute atomic E-state index is 14.1. The van der Waals surface area contributed by atoms with Gasteiger partial charge < -0.3 is 11.1 Å². The van der Waals surface area contributed by atoms with Gasteiger partial charge in [0.2, 0.25) is 19.7 Å². The van der Waals surface area contributed by atoms with Crippen molar-refractivity contribution in [3.63, 3.8) is 0 Å². The van der Waals surface area contributed by atoms with E-state index in [4.69, 9.17) is 5.73 Å². The smallest absolute Gasteiger partial charge is 0.266 e. The molecule has 4 N–H and O–H groups in total. The zero-order chi connectivity index (χ0) is 39.5. The highest BCUT2D eigenvalue weighted by atomic mass is 32.2. The van der Waals surface area contributed by atoms with Crippen LogP contribution in [0.15, 0.2) is 153 Å². The average Bonchev–Trinajstić information content (AvgIpc) is 3.63. The molecule has 6 aromatic rings. The van der Waals surface area contributed by atoms with Gasteiger partial charge in [0, 0.05) is 22.5 Å². The SMILES string of the molecule is Nc1ccc(S(=O)(=O)c2ccccc2Nc2ccc(S(=O)(=O)c3ccccc3N3C(=O)c4ccc(C(=O)c5ccc6c(c5)C(=O)NC6=O)cc4C3=O)cc2)cc1. The number of nitrogens with two attached hydrogens (primary N) is 1. The van der Waals surface area contributed by atoms with Crippen LogP contribution in [0.3, 0.4) is 0 Å². The lowest BCUT2D eigenvalue weighted by molar-refractivity contribution is 0.0874. The van der Waals surface area contributed by atoms with Crippen molar-refractivity contribution in [3.05, 3.63) is 167 Å². The molecule has 0 bridgehead atoms. The number of hydrogen-bond donors (Lipinski definition) is 3. The van der Waals surface area contributed by atoms with Crippen LogP contribution in [0.25, 0.3) is 0 Å². The van der Waals surface area contributed by atoms with E-state index in [-0.39, 0.29) is 64.3 Å². The molecule has 0 aliphatic carbocycles. The second-order valence-corrected chi connectivity index (χ2v) is 16.6. The molecule has 6 aromatic carbocycles. The summed E-state index contributed by atoms with van der Waals surface area (Å²) in [5.41, 5.74) is 6.64. The van der Waals surface area contributed by atoms with Gasteiger partial charge in [-0.15, -0.1) is 0 Å². The van der Waals surface area contributed by atoms with Gasteiger partial charge in [0.15, 0.2) is 5.78 Å². The largest absolute Gasteiger partial charge is 0.399 e. The second-order valence-electron chi connectivity index (χ2n) is 12.8. The van der Waals surface area contributed by atoms with Crippen molar-refractivity contribution in [1.82, 2.24) is 5.32 Å². The first kappa shape index (κ1) is 35.8. The first-order valence-electron chi connectivity index (χ1n) is 16.7. The molecule has 4 amide bonds. The molecule has 13 nitrogen and oxygen atoms in total. The van der Waals surface area contributed by atoms with E-state index in [0.29, 0.717) is 11.4 Å². The first-order valence-corrected chi connectivity index (χ1v) is 19.7. The van der Waals surface area contributed by atoms with Crippen LogP contribution in [0, 0.1) is 0 Å². The molecule has 2 aliphatic rings. The summed E-state index contributed by atoms with van der Waals surface area (Å²) in [6.07, 6.45) is 0. The van der Waals surface area contributed by atoms with Gasteiger partial charge in [-0.05, 0) is 97.1 Å². The number of nitrogen functional groups attached to an aromatic ring is 1. The van der Waals surface area contributed by atoms with Crippen LogP contribution in [0.1, 0.15) is 57.4 Å². The van der Waals surface area contributed by atoms with Gasteiger partial charge in [0.25, 0.3) is 23.6 Å². The Morgan fingerprint density at radius 1 is 0.554 bits per heavy atom. The number of nitrogens with zero attached hydrogens (tertiary/aromatic N) is 1. The summed E-state index contributed by atoms with van der Waals surface area (Å²) in [4.78, 5) is 65.3. The normalized spacial score (nSPS) is 13.7. The number of amides is 4. The Labute approximate surface area is 319 Å². The predicted octanol–water partition coefficient (Wildman–Crippen LogP) is 5.59. The van der Waals surface area contributed by atoms with Gasteiger partial charge in [-0.1, -0.05) is 36.4 Å². The van der Waals surface area contributed by atoms with E-state index in [0.717, 1.165) is 4.90 Å². The van der Waals surface area contributed by atoms with Crippen LogP contribution in [0.5, 0.6) is 0 Å². The van der Waals surface area contributed by atoms with Crippen LogP contribution >= 0.6 is 0 Å². The molecule has 56 heavy (non-hydrogen) atoms. The number of rotatable bonds is 9. The van der Waals surface area contributed by atoms with E-state index >= 15 is 0 Å². The molecule has 0 saturated heterocycles. The summed E-state index contributed by atoms with van der Waals surface area (Å²) >= 11 is 0. The van der Waals surface area contributed by atoms with Gasteiger partial charge in [-0.25, -0.2) is 21.7 Å². The lowest BCUT2D eigenvalue weighted by atomic mass is 9.96. The fourth-order valence-corrected chi connectivity index (χ4v) is 9.38. The maximum Gasteiger partial charge on any atom is 0.266 e. The number of fused-ring (bicyclic) bond motifs is 2. The van der Waals surface area contributed by atoms with Crippen molar-refractivity contribution in [2.75, 3.05) is 16.0 Å². The molecule has 0 fully saturated rings. The number of carbonyl (C=O) groups excluding carboxylic acids is 5. The molecule has 276 valence electrons. The topological polar surface area (TPSA) is 207 Å². The third kappa shape index (κ3) is 5.91. The van der Waals surface area contributed by atoms with Crippen LogP contribution < -0.4 is 21.3 Å². The van der Waals surface area contributed by atoms with E-state index in [1.807, 2.05) is 0 Å². The van der Waals surface area contributed by atoms with Gasteiger partial charge in [0.1, 0.15) is 0 Å². The van der Waals surface area contributed by atoms with Gasteiger partial charge in [-0.3, -0.25) is 29.3 Å². The summed E-state index contributed by atoms with van der Waals surface area (Å²) in [5, 5.41) is 5.20. The van der Waals surface area contributed by atoms with Gasteiger partial charge in [0.05, 0.1) is 53.2 Å². The van der Waals surface area contributed by atoms with Crippen molar-refractivity contribution >= 4 is 71.8 Å². The molecule has 0 spiro atoms. The van der Waals surface area contributed by atoms with Crippen molar-refractivity contribution in [3.8, 4) is 0 Å². The molecule has 0 unspecified atom stereocenters. The van der Waals surface area contributed by atoms with Crippen LogP contribution in [0.2, 0.25) is 0 Å². The van der Waals surface area contributed by atoms with E-state index < -0.39 is 49.1 Å². The van der Waals surface area contributed by atoms with Gasteiger partial charge >= 0.3 is 0 Å². The van der Waals surface area contributed by atoms with Crippen LogP contribution in [0.4, 0.5) is 22.7 Å². The average molecular weight is 783 g/mol. The number of nitrogens with one attached hydrogen (secondary N) is 2. The second kappa shape index (κ2) is 13.3. The summed E-state index contributed by atoms with van der Waals surface area (Å²) in [6, 6.07) is 31.0. The standard InChI is InChI=1S/C41H26N4O9S2/c42-25-11-15-27(16-12-25)55(51,52)35-7-3-1-5-33(35)43-26-13-17-28(18-14-26)56(53,54)36-8-4-2-6-34(36)45-40(49)30-20-10-24(22-32(30)41(45)50)37(46)23-9-19-29-31(21-23)39(48)44-38(29)47/h1-22,43H,42H2,(H,44,47,48). The molecular weight excluding hydrogens is 757 g/mol. The van der Waals surface area contributed by atoms with E-state index in [1.165, 1.54) is 115 Å². The minimum atomic E-state index is -4.36. The van der Waals surface area contributed by atoms with E-state index in [1.54, 1.807) is 18.2 Å². The number of anilines is 4. The number of ketones is 1. The Hall–Kier alpha value is -7.23. The zero-order valence-corrected chi connectivity index (χ0v) is 30.3. The Bertz CT molecular complexity index is 2950. The Morgan fingerprint density at radius 2 is 1.07 bits per heavy atom. The zero-order valence-electron chi connectivity index (χ0n) is 28.7. The Morgan fingerprint density at radius 3 is 1.75 bits per heavy atom. The fraction of sp³-hybridized carbons (Fsp3) is 0. The van der Waals surface area contributed by atoms with Crippen molar-refractivity contribution < 1.29 is 40.8 Å². The highest BCUT2D eigenvalue weighted by Gasteiger charge is 2.40. The molecule has 2 aliphatic heterocycles. The lowest BCUT2D eigenvalue weighted by Gasteiger charge is -2.18. The van der Waals surface area contributed by atoms with Crippen molar-refractivity contribution in [2.45, 2.75) is 19.6 Å². The van der Waals surface area contributed by atoms with Crippen LogP contribution in [-0.4, -0.2) is 46.2 Å². The highest BCUT2D eigenvalue weighted by molar-refractivity contribution is 7.92. The molecule has 0 aromatic heterocycles. The number of carbonyl (C=O) groups is 5. The third-order valence-electron chi connectivity index (χ3n) is 9.35. The lowest BCUT2D eigenvalue weighted by Crippen LogP contribution is -2.30. The Balaban J connectivity index is 1.06. The maximum atomic E-state index is 14.1. The molecule has 8 rings (SSSR count). The number of imide groups is 2.